The molecule has 0 fully saturated rings. The first-order valence-corrected chi connectivity index (χ1v) is 5.73. The fourth-order valence-electron chi connectivity index (χ4n) is 1.11. The van der Waals surface area contributed by atoms with E-state index < -0.39 is 0 Å². The summed E-state index contributed by atoms with van der Waals surface area (Å²) in [7, 11) is 1.58. The minimum absolute atomic E-state index is 0.0832. The summed E-state index contributed by atoms with van der Waals surface area (Å²) in [6.45, 7) is 0.0438. The number of aliphatic hydroxyl groups is 1. The number of carbonyl (C=O) groups is 1. The largest absolute Gasteiger partial charge is 0.482 e. The zero-order chi connectivity index (χ0) is 12.8. The van der Waals surface area contributed by atoms with E-state index in [0.29, 0.717) is 15.8 Å². The normalized spacial score (nSPS) is 10.1. The molecule has 1 aromatic rings. The second kappa shape index (κ2) is 6.69. The third kappa shape index (κ3) is 4.42. The Balaban J connectivity index is 2.55. The summed E-state index contributed by atoms with van der Waals surface area (Å²) in [5.41, 5.74) is 0. The summed E-state index contributed by atoms with van der Waals surface area (Å²) in [4.78, 5) is 12.9. The van der Waals surface area contributed by atoms with Gasteiger partial charge in [-0.1, -0.05) is 23.2 Å². The zero-order valence-electron chi connectivity index (χ0n) is 9.32. The average Bonchev–Trinajstić information content (AvgIpc) is 2.30. The second-order valence-electron chi connectivity index (χ2n) is 3.40. The first kappa shape index (κ1) is 14.1. The quantitative estimate of drug-likeness (QED) is 0.893. The summed E-state index contributed by atoms with van der Waals surface area (Å²) in [5, 5.41) is 9.56. The Labute approximate surface area is 110 Å². The summed E-state index contributed by atoms with van der Waals surface area (Å²) in [6, 6.07) is 4.78. The number of aliphatic hydroxyl groups excluding tert-OH is 1. The molecule has 0 aliphatic rings. The van der Waals surface area contributed by atoms with E-state index in [0.717, 1.165) is 0 Å². The van der Waals surface area contributed by atoms with E-state index in [9.17, 15) is 4.79 Å². The predicted octanol–water partition coefficient (Wildman–Crippen LogP) is 1.82. The SMILES string of the molecule is CN(CCO)C(=O)COc1cc(Cl)ccc1Cl. The Bertz CT molecular complexity index is 398. The van der Waals surface area contributed by atoms with Crippen molar-refractivity contribution in [2.24, 2.45) is 0 Å². The molecular formula is C11H13Cl2NO3. The smallest absolute Gasteiger partial charge is 0.260 e. The fourth-order valence-corrected chi connectivity index (χ4v) is 1.45. The van der Waals surface area contributed by atoms with Gasteiger partial charge in [-0.15, -0.1) is 0 Å². The van der Waals surface area contributed by atoms with Crippen LogP contribution >= 0.6 is 23.2 Å². The highest BCUT2D eigenvalue weighted by Crippen LogP contribution is 2.27. The van der Waals surface area contributed by atoms with Crippen LogP contribution in [0.3, 0.4) is 0 Å². The predicted molar refractivity (Wildman–Crippen MR) is 66.7 cm³/mol. The van der Waals surface area contributed by atoms with Crippen LogP contribution in [0.5, 0.6) is 5.75 Å². The molecule has 1 amide bonds. The fraction of sp³-hybridized carbons (Fsp3) is 0.364. The van der Waals surface area contributed by atoms with Crippen molar-refractivity contribution in [1.82, 2.24) is 4.90 Å². The van der Waals surface area contributed by atoms with Crippen molar-refractivity contribution in [3.05, 3.63) is 28.2 Å². The molecule has 0 radical (unpaired) electrons. The van der Waals surface area contributed by atoms with Gasteiger partial charge in [-0.25, -0.2) is 0 Å². The van der Waals surface area contributed by atoms with E-state index in [4.69, 9.17) is 33.0 Å². The summed E-state index contributed by atoms with van der Waals surface area (Å²) < 4.78 is 5.26. The van der Waals surface area contributed by atoms with Gasteiger partial charge in [0.1, 0.15) is 5.75 Å². The van der Waals surface area contributed by atoms with E-state index in [2.05, 4.69) is 0 Å². The summed E-state index contributed by atoms with van der Waals surface area (Å²) in [6.07, 6.45) is 0. The maximum absolute atomic E-state index is 11.5. The minimum atomic E-state index is -0.241. The van der Waals surface area contributed by atoms with Gasteiger partial charge < -0.3 is 14.7 Å². The maximum atomic E-state index is 11.5. The number of likely N-dealkylation sites (N-methyl/N-ethyl adjacent to an activating group) is 1. The molecule has 0 bridgehead atoms. The van der Waals surface area contributed by atoms with Crippen LogP contribution in [0.25, 0.3) is 0 Å². The van der Waals surface area contributed by atoms with E-state index in [1.54, 1.807) is 25.2 Å². The van der Waals surface area contributed by atoms with Gasteiger partial charge in [0.15, 0.2) is 6.61 Å². The second-order valence-corrected chi connectivity index (χ2v) is 4.25. The summed E-state index contributed by atoms with van der Waals surface area (Å²) >= 11 is 11.6. The molecule has 0 aliphatic carbocycles. The highest BCUT2D eigenvalue weighted by molar-refractivity contribution is 6.34. The van der Waals surface area contributed by atoms with Gasteiger partial charge in [0, 0.05) is 24.7 Å². The molecule has 0 spiro atoms. The lowest BCUT2D eigenvalue weighted by atomic mass is 10.3. The number of benzene rings is 1. The number of hydrogen-bond donors (Lipinski definition) is 1. The van der Waals surface area contributed by atoms with E-state index >= 15 is 0 Å². The van der Waals surface area contributed by atoms with Gasteiger partial charge in [-0.3, -0.25) is 4.79 Å². The lowest BCUT2D eigenvalue weighted by Crippen LogP contribution is -2.33. The molecule has 4 nitrogen and oxygen atoms in total. The molecule has 0 saturated carbocycles. The highest BCUT2D eigenvalue weighted by atomic mass is 35.5. The van der Waals surface area contributed by atoms with Crippen molar-refractivity contribution in [3.63, 3.8) is 0 Å². The molecule has 1 N–H and O–H groups in total. The maximum Gasteiger partial charge on any atom is 0.260 e. The van der Waals surface area contributed by atoms with Gasteiger partial charge in [-0.2, -0.15) is 0 Å². The van der Waals surface area contributed by atoms with Crippen molar-refractivity contribution in [2.45, 2.75) is 0 Å². The van der Waals surface area contributed by atoms with Crippen molar-refractivity contribution < 1.29 is 14.6 Å². The van der Waals surface area contributed by atoms with Gasteiger partial charge in [-0.05, 0) is 12.1 Å². The number of carbonyl (C=O) groups excluding carboxylic acids is 1. The van der Waals surface area contributed by atoms with Crippen LogP contribution in [-0.2, 0) is 4.79 Å². The molecule has 0 atom stereocenters. The van der Waals surface area contributed by atoms with Crippen LogP contribution < -0.4 is 4.74 Å². The van der Waals surface area contributed by atoms with Crippen molar-refractivity contribution >= 4 is 29.1 Å². The molecule has 0 heterocycles. The molecule has 1 aromatic carbocycles. The summed E-state index contributed by atoms with van der Waals surface area (Å²) in [5.74, 6) is 0.125. The van der Waals surface area contributed by atoms with Crippen molar-refractivity contribution in [1.29, 1.82) is 0 Å². The topological polar surface area (TPSA) is 49.8 Å². The standard InChI is InChI=1S/C11H13Cl2NO3/c1-14(4-5-15)11(16)7-17-10-6-8(12)2-3-9(10)13/h2-3,6,15H,4-5,7H2,1H3. The first-order valence-electron chi connectivity index (χ1n) is 4.97. The van der Waals surface area contributed by atoms with Crippen molar-refractivity contribution in [2.75, 3.05) is 26.8 Å². The van der Waals surface area contributed by atoms with Crippen LogP contribution in [0.2, 0.25) is 10.0 Å². The van der Waals surface area contributed by atoms with Gasteiger partial charge in [0.2, 0.25) is 0 Å². The minimum Gasteiger partial charge on any atom is -0.482 e. The Hall–Kier alpha value is -0.970. The number of rotatable bonds is 5. The van der Waals surface area contributed by atoms with Gasteiger partial charge >= 0.3 is 0 Å². The Morgan fingerprint density at radius 1 is 1.47 bits per heavy atom. The molecular weight excluding hydrogens is 265 g/mol. The van der Waals surface area contributed by atoms with Gasteiger partial charge in [0.25, 0.3) is 5.91 Å². The van der Waals surface area contributed by atoms with Crippen LogP contribution in [0, 0.1) is 0 Å². The Morgan fingerprint density at radius 3 is 2.82 bits per heavy atom. The van der Waals surface area contributed by atoms with Crippen LogP contribution in [-0.4, -0.2) is 42.7 Å². The third-order valence-electron chi connectivity index (χ3n) is 2.11. The molecule has 0 saturated heterocycles. The van der Waals surface area contributed by atoms with E-state index in [-0.39, 0.29) is 25.7 Å². The van der Waals surface area contributed by atoms with Crippen LogP contribution in [0.4, 0.5) is 0 Å². The Morgan fingerprint density at radius 2 is 2.18 bits per heavy atom. The number of hydrogen-bond acceptors (Lipinski definition) is 3. The molecule has 0 unspecified atom stereocenters. The van der Waals surface area contributed by atoms with Crippen molar-refractivity contribution in [3.8, 4) is 5.75 Å². The monoisotopic (exact) mass is 277 g/mol. The molecule has 0 aromatic heterocycles. The number of amides is 1. The lowest BCUT2D eigenvalue weighted by Gasteiger charge is -2.16. The molecule has 17 heavy (non-hydrogen) atoms. The lowest BCUT2D eigenvalue weighted by molar-refractivity contribution is -0.132. The molecule has 1 rings (SSSR count). The zero-order valence-corrected chi connectivity index (χ0v) is 10.8. The number of nitrogens with zero attached hydrogens (tertiary/aromatic N) is 1. The highest BCUT2D eigenvalue weighted by Gasteiger charge is 2.10. The molecule has 0 aliphatic heterocycles. The third-order valence-corrected chi connectivity index (χ3v) is 2.65. The Kier molecular flexibility index (Phi) is 5.55. The number of ether oxygens (including phenoxy) is 1. The van der Waals surface area contributed by atoms with Gasteiger partial charge in [0.05, 0.1) is 11.6 Å². The van der Waals surface area contributed by atoms with Crippen LogP contribution in [0.1, 0.15) is 0 Å². The van der Waals surface area contributed by atoms with E-state index in [1.165, 1.54) is 4.90 Å². The first-order chi connectivity index (χ1) is 8.04. The van der Waals surface area contributed by atoms with E-state index in [1.807, 2.05) is 0 Å². The average molecular weight is 278 g/mol. The number of halogens is 2. The molecule has 94 valence electrons. The van der Waals surface area contributed by atoms with Crippen LogP contribution in [0.15, 0.2) is 18.2 Å². The molecule has 6 heteroatoms.